The summed E-state index contributed by atoms with van der Waals surface area (Å²) in [6, 6.07) is 5.26. The largest absolute Gasteiger partial charge is 0.514 e. The molecule has 1 heterocycles. The molecule has 1 aromatic rings. The van der Waals surface area contributed by atoms with Crippen molar-refractivity contribution in [3.05, 3.63) is 23.8 Å². The van der Waals surface area contributed by atoms with Crippen LogP contribution in [0, 0.1) is 0 Å². The molecule has 0 radical (unpaired) electrons. The van der Waals surface area contributed by atoms with E-state index < -0.39 is 6.16 Å². The van der Waals surface area contributed by atoms with Gasteiger partial charge in [0, 0.05) is 0 Å². The van der Waals surface area contributed by atoms with Gasteiger partial charge < -0.3 is 14.2 Å². The van der Waals surface area contributed by atoms with Crippen molar-refractivity contribution >= 4 is 6.16 Å². The molecule has 1 aliphatic heterocycles. The maximum Gasteiger partial charge on any atom is 0.514 e. The summed E-state index contributed by atoms with van der Waals surface area (Å²) in [5, 5.41) is 0. The third-order valence-electron chi connectivity index (χ3n) is 1.84. The van der Waals surface area contributed by atoms with Gasteiger partial charge in [-0.15, -0.1) is 0 Å². The molecule has 1 aliphatic rings. The van der Waals surface area contributed by atoms with Crippen LogP contribution in [0.2, 0.25) is 0 Å². The van der Waals surface area contributed by atoms with Gasteiger partial charge in [-0.25, -0.2) is 4.79 Å². The first kappa shape index (κ1) is 7.91. The van der Waals surface area contributed by atoms with Crippen molar-refractivity contribution in [1.82, 2.24) is 0 Å². The van der Waals surface area contributed by atoms with Crippen LogP contribution >= 0.6 is 0 Å². The number of methoxy groups -OCH3 is 1. The minimum absolute atomic E-state index is 0.207. The van der Waals surface area contributed by atoms with Crippen molar-refractivity contribution in [3.8, 4) is 11.5 Å². The number of cyclic esters (lactones) is 1. The van der Waals surface area contributed by atoms with Gasteiger partial charge in [0.1, 0.15) is 18.1 Å². The first-order valence-electron chi connectivity index (χ1n) is 3.82. The van der Waals surface area contributed by atoms with Crippen LogP contribution in [0.5, 0.6) is 11.5 Å². The molecule has 0 atom stereocenters. The Morgan fingerprint density at radius 2 is 2.31 bits per heavy atom. The number of carbonyl (C=O) groups excluding carboxylic acids is 1. The number of rotatable bonds is 1. The van der Waals surface area contributed by atoms with E-state index in [4.69, 9.17) is 14.2 Å². The summed E-state index contributed by atoms with van der Waals surface area (Å²) in [6.45, 7) is 0.207. The topological polar surface area (TPSA) is 44.8 Å². The molecule has 1 aromatic carbocycles. The minimum atomic E-state index is -0.666. The van der Waals surface area contributed by atoms with E-state index in [-0.39, 0.29) is 6.61 Å². The Kier molecular flexibility index (Phi) is 1.81. The van der Waals surface area contributed by atoms with E-state index in [0.29, 0.717) is 11.5 Å². The van der Waals surface area contributed by atoms with E-state index in [2.05, 4.69) is 0 Å². The summed E-state index contributed by atoms with van der Waals surface area (Å²) in [5.41, 5.74) is 0.768. The Balaban J connectivity index is 2.45. The molecular formula is C9H8O4. The number of ether oxygens (including phenoxy) is 3. The van der Waals surface area contributed by atoms with E-state index in [0.717, 1.165) is 5.56 Å². The zero-order valence-electron chi connectivity index (χ0n) is 7.07. The number of hydrogen-bond donors (Lipinski definition) is 0. The summed E-state index contributed by atoms with van der Waals surface area (Å²) in [7, 11) is 1.56. The van der Waals surface area contributed by atoms with Crippen LogP contribution in [-0.2, 0) is 11.3 Å². The van der Waals surface area contributed by atoms with Crippen molar-refractivity contribution in [2.75, 3.05) is 7.11 Å². The monoisotopic (exact) mass is 180 g/mol. The molecule has 2 rings (SSSR count). The standard InChI is InChI=1S/C9H8O4/c1-11-7-3-2-4-8-6(7)5-12-9(10)13-8/h2-4H,5H2,1H3. The molecule has 0 N–H and O–H groups in total. The lowest BCUT2D eigenvalue weighted by atomic mass is 10.2. The fourth-order valence-electron chi connectivity index (χ4n) is 1.22. The lowest BCUT2D eigenvalue weighted by molar-refractivity contribution is 0.0773. The van der Waals surface area contributed by atoms with Gasteiger partial charge in [0.05, 0.1) is 12.7 Å². The molecular weight excluding hydrogens is 172 g/mol. The van der Waals surface area contributed by atoms with E-state index in [1.54, 1.807) is 25.3 Å². The zero-order chi connectivity index (χ0) is 9.26. The predicted octanol–water partition coefficient (Wildman–Crippen LogP) is 1.72. The van der Waals surface area contributed by atoms with Gasteiger partial charge in [-0.2, -0.15) is 0 Å². The Labute approximate surface area is 75.0 Å². The maximum atomic E-state index is 10.7. The van der Waals surface area contributed by atoms with Crippen molar-refractivity contribution in [2.24, 2.45) is 0 Å². The molecule has 4 nitrogen and oxygen atoms in total. The Morgan fingerprint density at radius 3 is 3.08 bits per heavy atom. The maximum absolute atomic E-state index is 10.7. The van der Waals surface area contributed by atoms with Crippen LogP contribution in [0.15, 0.2) is 18.2 Å². The molecule has 0 saturated heterocycles. The molecule has 0 aliphatic carbocycles. The number of benzene rings is 1. The zero-order valence-corrected chi connectivity index (χ0v) is 7.07. The van der Waals surface area contributed by atoms with Crippen LogP contribution in [0.25, 0.3) is 0 Å². The highest BCUT2D eigenvalue weighted by Gasteiger charge is 2.20. The lowest BCUT2D eigenvalue weighted by Gasteiger charge is -2.17. The van der Waals surface area contributed by atoms with Crippen LogP contribution in [-0.4, -0.2) is 13.3 Å². The van der Waals surface area contributed by atoms with Gasteiger partial charge in [0.2, 0.25) is 0 Å². The highest BCUT2D eigenvalue weighted by molar-refractivity contribution is 5.67. The summed E-state index contributed by atoms with van der Waals surface area (Å²) in [5.74, 6) is 1.18. The van der Waals surface area contributed by atoms with E-state index in [1.807, 2.05) is 0 Å². The van der Waals surface area contributed by atoms with Crippen molar-refractivity contribution < 1.29 is 19.0 Å². The van der Waals surface area contributed by atoms with E-state index in [1.165, 1.54) is 0 Å². The van der Waals surface area contributed by atoms with Crippen LogP contribution in [0.1, 0.15) is 5.56 Å². The molecule has 4 heteroatoms. The normalized spacial score (nSPS) is 14.1. The third kappa shape index (κ3) is 1.30. The predicted molar refractivity (Wildman–Crippen MR) is 43.8 cm³/mol. The Bertz CT molecular complexity index is 345. The molecule has 0 unspecified atom stereocenters. The highest BCUT2D eigenvalue weighted by Crippen LogP contribution is 2.31. The van der Waals surface area contributed by atoms with Crippen LogP contribution in [0.3, 0.4) is 0 Å². The van der Waals surface area contributed by atoms with Gasteiger partial charge in [-0.3, -0.25) is 0 Å². The second-order valence-corrected chi connectivity index (χ2v) is 2.58. The number of hydrogen-bond acceptors (Lipinski definition) is 4. The van der Waals surface area contributed by atoms with Crippen molar-refractivity contribution in [2.45, 2.75) is 6.61 Å². The SMILES string of the molecule is COc1cccc2c1COC(=O)O2. The molecule has 68 valence electrons. The second kappa shape index (κ2) is 2.97. The molecule has 0 spiro atoms. The third-order valence-corrected chi connectivity index (χ3v) is 1.84. The summed E-state index contributed by atoms with van der Waals surface area (Å²) >= 11 is 0. The summed E-state index contributed by atoms with van der Waals surface area (Å²) in [4.78, 5) is 10.7. The van der Waals surface area contributed by atoms with Gasteiger partial charge >= 0.3 is 6.16 Å². The molecule has 0 saturated carbocycles. The lowest BCUT2D eigenvalue weighted by Crippen LogP contribution is -2.17. The molecule has 0 amide bonds. The van der Waals surface area contributed by atoms with Gasteiger partial charge in [0.25, 0.3) is 0 Å². The summed E-state index contributed by atoms with van der Waals surface area (Å²) in [6.07, 6.45) is -0.666. The molecule has 13 heavy (non-hydrogen) atoms. The number of fused-ring (bicyclic) bond motifs is 1. The highest BCUT2D eigenvalue weighted by atomic mass is 16.7. The van der Waals surface area contributed by atoms with Crippen LogP contribution in [0.4, 0.5) is 4.79 Å². The van der Waals surface area contributed by atoms with E-state index in [9.17, 15) is 4.79 Å². The average molecular weight is 180 g/mol. The molecule has 0 bridgehead atoms. The Morgan fingerprint density at radius 1 is 1.46 bits per heavy atom. The Hall–Kier alpha value is -1.71. The van der Waals surface area contributed by atoms with Crippen molar-refractivity contribution in [3.63, 3.8) is 0 Å². The first-order chi connectivity index (χ1) is 6.31. The van der Waals surface area contributed by atoms with Gasteiger partial charge in [-0.1, -0.05) is 6.07 Å². The average Bonchev–Trinajstić information content (AvgIpc) is 2.16. The fraction of sp³-hybridized carbons (Fsp3) is 0.222. The van der Waals surface area contributed by atoms with Crippen LogP contribution < -0.4 is 9.47 Å². The molecule has 0 fully saturated rings. The van der Waals surface area contributed by atoms with E-state index >= 15 is 0 Å². The number of carbonyl (C=O) groups is 1. The quantitative estimate of drug-likeness (QED) is 0.487. The van der Waals surface area contributed by atoms with Gasteiger partial charge in [0.15, 0.2) is 0 Å². The fourth-order valence-corrected chi connectivity index (χ4v) is 1.22. The second-order valence-electron chi connectivity index (χ2n) is 2.58. The first-order valence-corrected chi connectivity index (χ1v) is 3.82. The smallest absolute Gasteiger partial charge is 0.496 e. The van der Waals surface area contributed by atoms with Gasteiger partial charge in [-0.05, 0) is 12.1 Å². The molecule has 0 aromatic heterocycles. The van der Waals surface area contributed by atoms with Crippen molar-refractivity contribution in [1.29, 1.82) is 0 Å². The minimum Gasteiger partial charge on any atom is -0.496 e. The summed E-state index contributed by atoms with van der Waals surface area (Å²) < 4.78 is 14.6.